The molecule has 0 saturated heterocycles. The van der Waals surface area contributed by atoms with Crippen LogP contribution < -0.4 is 10.5 Å². The summed E-state index contributed by atoms with van der Waals surface area (Å²) in [6.07, 6.45) is 2.01. The van der Waals surface area contributed by atoms with E-state index in [1.165, 1.54) is 22.6 Å². The molecule has 0 fully saturated rings. The highest BCUT2D eigenvalue weighted by Gasteiger charge is 2.25. The van der Waals surface area contributed by atoms with E-state index in [0.717, 1.165) is 22.9 Å². The highest BCUT2D eigenvalue weighted by atomic mass is 79.9. The maximum absolute atomic E-state index is 11.3. The van der Waals surface area contributed by atoms with Crippen LogP contribution >= 0.6 is 38.9 Å². The minimum Gasteiger partial charge on any atom is -0.377 e. The Morgan fingerprint density at radius 2 is 2.14 bits per heavy atom. The van der Waals surface area contributed by atoms with E-state index in [0.29, 0.717) is 4.47 Å². The molecule has 3 N–H and O–H groups in total. The van der Waals surface area contributed by atoms with Crippen molar-refractivity contribution in [2.24, 2.45) is 5.14 Å². The van der Waals surface area contributed by atoms with Crippen LogP contribution in [-0.4, -0.2) is 8.42 Å². The monoisotopic (exact) mass is 406 g/mol. The molecule has 112 valence electrons. The predicted octanol–water partition coefficient (Wildman–Crippen LogP) is 3.91. The smallest absolute Gasteiger partial charge is 0.238 e. The number of fused-ring (bicyclic) bond motifs is 1. The van der Waals surface area contributed by atoms with Crippen LogP contribution in [0.5, 0.6) is 0 Å². The van der Waals surface area contributed by atoms with E-state index in [1.54, 1.807) is 17.4 Å². The summed E-state index contributed by atoms with van der Waals surface area (Å²) in [5.41, 5.74) is 2.06. The summed E-state index contributed by atoms with van der Waals surface area (Å²) in [6, 6.07) is 6.92. The molecule has 0 radical (unpaired) electrons. The van der Waals surface area contributed by atoms with Crippen molar-refractivity contribution in [2.75, 3.05) is 5.32 Å². The van der Waals surface area contributed by atoms with Crippen molar-refractivity contribution in [3.8, 4) is 0 Å². The Kier molecular flexibility index (Phi) is 4.04. The van der Waals surface area contributed by atoms with Crippen molar-refractivity contribution in [2.45, 2.75) is 23.8 Å². The zero-order valence-electron chi connectivity index (χ0n) is 10.8. The van der Waals surface area contributed by atoms with Crippen LogP contribution in [0, 0.1) is 0 Å². The zero-order chi connectivity index (χ0) is 15.2. The molecular formula is C13H12BrClN2O2S2. The normalized spacial score (nSPS) is 17.8. The van der Waals surface area contributed by atoms with Gasteiger partial charge < -0.3 is 5.32 Å². The zero-order valence-corrected chi connectivity index (χ0v) is 14.7. The Labute approximate surface area is 140 Å². The second-order valence-electron chi connectivity index (χ2n) is 4.85. The second-order valence-corrected chi connectivity index (χ2v) is 9.04. The van der Waals surface area contributed by atoms with Crippen LogP contribution in [0.15, 0.2) is 33.6 Å². The molecule has 4 nitrogen and oxygen atoms in total. The van der Waals surface area contributed by atoms with Crippen LogP contribution in [0.2, 0.25) is 4.34 Å². The van der Waals surface area contributed by atoms with Crippen LogP contribution in [0.25, 0.3) is 0 Å². The molecule has 0 aliphatic heterocycles. The number of thiophene rings is 1. The maximum atomic E-state index is 11.3. The number of rotatable bonds is 3. The summed E-state index contributed by atoms with van der Waals surface area (Å²) in [5, 5.41) is 8.55. The minimum absolute atomic E-state index is 0.0885. The Hall–Kier alpha value is -0.600. The molecule has 1 aliphatic carbocycles. The fourth-order valence-corrected chi connectivity index (χ4v) is 5.00. The Morgan fingerprint density at radius 3 is 2.81 bits per heavy atom. The van der Waals surface area contributed by atoms with Crippen LogP contribution in [0.3, 0.4) is 0 Å². The fourth-order valence-electron chi connectivity index (χ4n) is 2.46. The van der Waals surface area contributed by atoms with Gasteiger partial charge in [0.2, 0.25) is 10.0 Å². The standard InChI is InChI=1S/C13H12BrClN2O2S2/c14-9-5-7(21(16,18)19)1-2-11(9)17-10-3-4-12-8(10)6-13(15)20-12/h1-2,5-6,10,17H,3-4H2,(H2,16,18,19). The molecule has 21 heavy (non-hydrogen) atoms. The molecule has 0 spiro atoms. The summed E-state index contributed by atoms with van der Waals surface area (Å²) in [4.78, 5) is 1.40. The third-order valence-electron chi connectivity index (χ3n) is 3.45. The first-order valence-electron chi connectivity index (χ1n) is 6.21. The molecule has 1 aromatic carbocycles. The van der Waals surface area contributed by atoms with Gasteiger partial charge in [-0.1, -0.05) is 11.6 Å². The topological polar surface area (TPSA) is 72.2 Å². The summed E-state index contributed by atoms with van der Waals surface area (Å²) in [7, 11) is -3.69. The van der Waals surface area contributed by atoms with Gasteiger partial charge in [0, 0.05) is 15.0 Å². The summed E-state index contributed by atoms with van der Waals surface area (Å²) >= 11 is 11.1. The van der Waals surface area contributed by atoms with Gasteiger partial charge in [0.05, 0.1) is 15.3 Å². The maximum Gasteiger partial charge on any atom is 0.238 e. The van der Waals surface area contributed by atoms with E-state index in [9.17, 15) is 8.42 Å². The third-order valence-corrected chi connectivity index (χ3v) is 6.35. The van der Waals surface area contributed by atoms with Gasteiger partial charge in [-0.2, -0.15) is 0 Å². The number of anilines is 1. The van der Waals surface area contributed by atoms with E-state index >= 15 is 0 Å². The van der Waals surface area contributed by atoms with E-state index in [-0.39, 0.29) is 10.9 Å². The van der Waals surface area contributed by atoms with Crippen molar-refractivity contribution in [1.29, 1.82) is 0 Å². The number of nitrogens with one attached hydrogen (secondary N) is 1. The first-order valence-corrected chi connectivity index (χ1v) is 9.75. The van der Waals surface area contributed by atoms with Crippen molar-refractivity contribution in [1.82, 2.24) is 0 Å². The van der Waals surface area contributed by atoms with Gasteiger partial charge in [0.1, 0.15) is 0 Å². The number of benzene rings is 1. The van der Waals surface area contributed by atoms with Gasteiger partial charge in [0.15, 0.2) is 0 Å². The number of nitrogens with two attached hydrogens (primary N) is 1. The Morgan fingerprint density at radius 1 is 1.38 bits per heavy atom. The van der Waals surface area contributed by atoms with Crippen LogP contribution in [-0.2, 0) is 16.4 Å². The van der Waals surface area contributed by atoms with E-state index in [4.69, 9.17) is 16.7 Å². The van der Waals surface area contributed by atoms with Gasteiger partial charge >= 0.3 is 0 Å². The van der Waals surface area contributed by atoms with Crippen molar-refractivity contribution < 1.29 is 8.42 Å². The second kappa shape index (κ2) is 5.55. The molecule has 1 heterocycles. The van der Waals surface area contributed by atoms with Gasteiger partial charge in [-0.05, 0) is 58.6 Å². The lowest BCUT2D eigenvalue weighted by Crippen LogP contribution is -2.13. The molecule has 0 amide bonds. The molecule has 0 bridgehead atoms. The summed E-state index contributed by atoms with van der Waals surface area (Å²) in [5.74, 6) is 0. The molecule has 3 rings (SSSR count). The van der Waals surface area contributed by atoms with Crippen LogP contribution in [0.1, 0.15) is 22.9 Å². The van der Waals surface area contributed by atoms with Crippen LogP contribution in [0.4, 0.5) is 5.69 Å². The molecule has 1 atom stereocenters. The average Bonchev–Trinajstić information content (AvgIpc) is 2.91. The van der Waals surface area contributed by atoms with Crippen molar-refractivity contribution >= 4 is 54.6 Å². The Balaban J connectivity index is 1.86. The Bertz CT molecular complexity index is 804. The molecule has 2 aromatic rings. The summed E-state index contributed by atoms with van der Waals surface area (Å²) in [6.45, 7) is 0. The van der Waals surface area contributed by atoms with E-state index in [1.807, 2.05) is 6.07 Å². The highest BCUT2D eigenvalue weighted by molar-refractivity contribution is 9.10. The van der Waals surface area contributed by atoms with Crippen molar-refractivity contribution in [3.63, 3.8) is 0 Å². The first kappa shape index (κ1) is 15.3. The van der Waals surface area contributed by atoms with Gasteiger partial charge in [-0.15, -0.1) is 11.3 Å². The fraction of sp³-hybridized carbons (Fsp3) is 0.231. The van der Waals surface area contributed by atoms with Gasteiger partial charge in [-0.25, -0.2) is 13.6 Å². The quantitative estimate of drug-likeness (QED) is 0.810. The van der Waals surface area contributed by atoms with E-state index in [2.05, 4.69) is 21.2 Å². The SMILES string of the molecule is NS(=O)(=O)c1ccc(NC2CCc3sc(Cl)cc32)c(Br)c1. The number of hydrogen-bond acceptors (Lipinski definition) is 4. The molecule has 0 saturated carbocycles. The lowest BCUT2D eigenvalue weighted by Gasteiger charge is -2.16. The third kappa shape index (κ3) is 3.12. The lowest BCUT2D eigenvalue weighted by molar-refractivity contribution is 0.598. The number of primary sulfonamides is 1. The van der Waals surface area contributed by atoms with Gasteiger partial charge in [0.25, 0.3) is 0 Å². The minimum atomic E-state index is -3.69. The highest BCUT2D eigenvalue weighted by Crippen LogP contribution is 2.41. The number of sulfonamides is 1. The van der Waals surface area contributed by atoms with E-state index < -0.39 is 10.0 Å². The molecule has 1 aliphatic rings. The molecule has 1 unspecified atom stereocenters. The van der Waals surface area contributed by atoms with Crippen molar-refractivity contribution in [3.05, 3.63) is 43.5 Å². The number of hydrogen-bond donors (Lipinski definition) is 2. The molecule has 8 heteroatoms. The van der Waals surface area contributed by atoms with Gasteiger partial charge in [-0.3, -0.25) is 0 Å². The lowest BCUT2D eigenvalue weighted by atomic mass is 10.1. The summed E-state index contributed by atoms with van der Waals surface area (Å²) < 4.78 is 24.1. The number of aryl methyl sites for hydroxylation is 1. The molecule has 1 aromatic heterocycles. The predicted molar refractivity (Wildman–Crippen MR) is 89.5 cm³/mol. The number of halogens is 2. The average molecular weight is 408 g/mol. The largest absolute Gasteiger partial charge is 0.377 e. The molecular weight excluding hydrogens is 396 g/mol. The first-order chi connectivity index (χ1) is 9.84.